The van der Waals surface area contributed by atoms with Gasteiger partial charge in [0.25, 0.3) is 0 Å². The number of hydrogen-bond acceptors (Lipinski definition) is 5. The summed E-state index contributed by atoms with van der Waals surface area (Å²) in [4.78, 5) is 16.0. The summed E-state index contributed by atoms with van der Waals surface area (Å²) in [7, 11) is 0. The molecule has 0 saturated heterocycles. The molecular weight excluding hydrogens is 287 g/mol. The van der Waals surface area contributed by atoms with Gasteiger partial charge in [0.2, 0.25) is 11.8 Å². The molecule has 2 rings (SSSR count). The minimum atomic E-state index is -0.330. The molecule has 6 nitrogen and oxygen atoms in total. The van der Waals surface area contributed by atoms with Crippen LogP contribution in [0.1, 0.15) is 36.7 Å². The first-order chi connectivity index (χ1) is 10.6. The Labute approximate surface area is 128 Å². The molecule has 0 aliphatic heterocycles. The van der Waals surface area contributed by atoms with Gasteiger partial charge in [-0.3, -0.25) is 10.1 Å². The van der Waals surface area contributed by atoms with E-state index in [-0.39, 0.29) is 30.9 Å². The maximum Gasteiger partial charge on any atom is 0.243 e. The van der Waals surface area contributed by atoms with Crippen molar-refractivity contribution in [2.45, 2.75) is 32.9 Å². The number of hydrogen-bond donors (Lipinski definition) is 2. The molecule has 118 valence electrons. The Morgan fingerprint density at radius 1 is 1.41 bits per heavy atom. The molecule has 1 atom stereocenters. The molecule has 1 aromatic carbocycles. The third-order valence-corrected chi connectivity index (χ3v) is 3.19. The molecule has 0 fully saturated rings. The van der Waals surface area contributed by atoms with E-state index in [0.717, 1.165) is 0 Å². The molecule has 1 heterocycles. The van der Waals surface area contributed by atoms with E-state index in [1.165, 1.54) is 6.07 Å². The van der Waals surface area contributed by atoms with E-state index in [4.69, 9.17) is 4.52 Å². The van der Waals surface area contributed by atoms with Crippen molar-refractivity contribution >= 4 is 5.91 Å². The van der Waals surface area contributed by atoms with Crippen LogP contribution in [-0.4, -0.2) is 22.6 Å². The number of amides is 1. The molecule has 7 heteroatoms. The van der Waals surface area contributed by atoms with E-state index < -0.39 is 0 Å². The smallest absolute Gasteiger partial charge is 0.243 e. The Hall–Kier alpha value is -2.28. The van der Waals surface area contributed by atoms with Gasteiger partial charge in [-0.15, -0.1) is 0 Å². The van der Waals surface area contributed by atoms with E-state index in [1.807, 2.05) is 6.92 Å². The average Bonchev–Trinajstić information content (AvgIpc) is 2.93. The summed E-state index contributed by atoms with van der Waals surface area (Å²) in [6, 6.07) is 6.17. The Kier molecular flexibility index (Phi) is 5.60. The molecule has 0 spiro atoms. The van der Waals surface area contributed by atoms with Gasteiger partial charge in [-0.2, -0.15) is 4.98 Å². The zero-order chi connectivity index (χ0) is 15.9. The molecule has 0 unspecified atom stereocenters. The highest BCUT2D eigenvalue weighted by Gasteiger charge is 2.16. The first-order valence-corrected chi connectivity index (χ1v) is 7.13. The zero-order valence-electron chi connectivity index (χ0n) is 12.6. The predicted octanol–water partition coefficient (Wildman–Crippen LogP) is 1.87. The van der Waals surface area contributed by atoms with Crippen molar-refractivity contribution in [3.05, 3.63) is 47.4 Å². The Morgan fingerprint density at radius 2 is 2.18 bits per heavy atom. The number of nitrogens with one attached hydrogen (secondary N) is 2. The van der Waals surface area contributed by atoms with Gasteiger partial charge in [-0.1, -0.05) is 30.3 Å². The van der Waals surface area contributed by atoms with Crippen LogP contribution in [0.5, 0.6) is 0 Å². The number of aryl methyl sites for hydroxylation is 1. The molecule has 22 heavy (non-hydrogen) atoms. The predicted molar refractivity (Wildman–Crippen MR) is 78.3 cm³/mol. The van der Waals surface area contributed by atoms with Crippen LogP contribution in [-0.2, 0) is 11.3 Å². The minimum Gasteiger partial charge on any atom is -0.351 e. The van der Waals surface area contributed by atoms with Gasteiger partial charge in [0.1, 0.15) is 5.82 Å². The number of rotatable bonds is 7. The van der Waals surface area contributed by atoms with Crippen LogP contribution in [0.15, 0.2) is 28.8 Å². The van der Waals surface area contributed by atoms with Crippen LogP contribution in [0.3, 0.4) is 0 Å². The van der Waals surface area contributed by atoms with Gasteiger partial charge < -0.3 is 9.84 Å². The lowest BCUT2D eigenvalue weighted by Crippen LogP contribution is -2.35. The van der Waals surface area contributed by atoms with Crippen molar-refractivity contribution in [1.82, 2.24) is 20.8 Å². The zero-order valence-corrected chi connectivity index (χ0v) is 12.6. The second-order valence-corrected chi connectivity index (χ2v) is 4.89. The van der Waals surface area contributed by atoms with Gasteiger partial charge in [-0.05, 0) is 19.4 Å². The van der Waals surface area contributed by atoms with Crippen LogP contribution in [0.4, 0.5) is 4.39 Å². The number of aromatic nitrogens is 2. The highest BCUT2D eigenvalue weighted by molar-refractivity contribution is 5.78. The van der Waals surface area contributed by atoms with Crippen molar-refractivity contribution in [2.75, 3.05) is 6.54 Å². The highest BCUT2D eigenvalue weighted by Crippen LogP contribution is 2.13. The largest absolute Gasteiger partial charge is 0.351 e. The van der Waals surface area contributed by atoms with Crippen molar-refractivity contribution in [1.29, 1.82) is 0 Å². The van der Waals surface area contributed by atoms with Crippen LogP contribution in [0, 0.1) is 12.7 Å². The van der Waals surface area contributed by atoms with Crippen molar-refractivity contribution in [3.8, 4) is 0 Å². The lowest BCUT2D eigenvalue weighted by Gasteiger charge is -2.12. The topological polar surface area (TPSA) is 80.0 Å². The monoisotopic (exact) mass is 306 g/mol. The molecule has 1 aromatic heterocycles. The van der Waals surface area contributed by atoms with E-state index in [2.05, 4.69) is 20.8 Å². The number of halogens is 1. The molecule has 0 bridgehead atoms. The SMILES string of the molecule is CC[C@@H](NCC(=O)NCc1ccccc1F)c1nc(C)no1. The van der Waals surface area contributed by atoms with Crippen LogP contribution in [0.25, 0.3) is 0 Å². The second kappa shape index (κ2) is 7.65. The maximum absolute atomic E-state index is 13.4. The average molecular weight is 306 g/mol. The molecule has 1 amide bonds. The molecule has 2 N–H and O–H groups in total. The summed E-state index contributed by atoms with van der Waals surface area (Å²) >= 11 is 0. The fourth-order valence-electron chi connectivity index (χ4n) is 1.97. The fraction of sp³-hybridized carbons (Fsp3) is 0.400. The lowest BCUT2D eigenvalue weighted by atomic mass is 10.2. The van der Waals surface area contributed by atoms with Gasteiger partial charge in [-0.25, -0.2) is 4.39 Å². The van der Waals surface area contributed by atoms with Crippen molar-refractivity contribution in [3.63, 3.8) is 0 Å². The van der Waals surface area contributed by atoms with E-state index >= 15 is 0 Å². The van der Waals surface area contributed by atoms with E-state index in [1.54, 1.807) is 25.1 Å². The Morgan fingerprint density at radius 3 is 2.82 bits per heavy atom. The molecule has 0 radical (unpaired) electrons. The fourth-order valence-corrected chi connectivity index (χ4v) is 1.97. The maximum atomic E-state index is 13.4. The van der Waals surface area contributed by atoms with Crippen molar-refractivity contribution in [2.24, 2.45) is 0 Å². The Balaban J connectivity index is 1.81. The summed E-state index contributed by atoms with van der Waals surface area (Å²) in [6.45, 7) is 3.94. The molecule has 0 saturated carbocycles. The first kappa shape index (κ1) is 16.1. The van der Waals surface area contributed by atoms with Gasteiger partial charge in [0, 0.05) is 12.1 Å². The lowest BCUT2D eigenvalue weighted by molar-refractivity contribution is -0.120. The highest BCUT2D eigenvalue weighted by atomic mass is 19.1. The second-order valence-electron chi connectivity index (χ2n) is 4.89. The molecule has 0 aliphatic carbocycles. The summed E-state index contributed by atoms with van der Waals surface area (Å²) in [5, 5.41) is 9.45. The first-order valence-electron chi connectivity index (χ1n) is 7.13. The molecule has 2 aromatic rings. The summed E-state index contributed by atoms with van der Waals surface area (Å²) in [5.74, 6) is 0.461. The summed E-state index contributed by atoms with van der Waals surface area (Å²) in [5.41, 5.74) is 0.454. The number of carbonyl (C=O) groups excluding carboxylic acids is 1. The third-order valence-electron chi connectivity index (χ3n) is 3.19. The quantitative estimate of drug-likeness (QED) is 0.816. The third kappa shape index (κ3) is 4.36. The summed E-state index contributed by atoms with van der Waals surface area (Å²) < 4.78 is 18.5. The summed E-state index contributed by atoms with van der Waals surface area (Å²) in [6.07, 6.45) is 0.711. The van der Waals surface area contributed by atoms with E-state index in [9.17, 15) is 9.18 Å². The van der Waals surface area contributed by atoms with Gasteiger partial charge in [0.05, 0.1) is 12.6 Å². The molecule has 0 aliphatic rings. The number of carbonyl (C=O) groups is 1. The van der Waals surface area contributed by atoms with Crippen LogP contribution < -0.4 is 10.6 Å². The van der Waals surface area contributed by atoms with Crippen molar-refractivity contribution < 1.29 is 13.7 Å². The molecular formula is C15H19FN4O2. The number of nitrogens with zero attached hydrogens (tertiary/aromatic N) is 2. The van der Waals surface area contributed by atoms with E-state index in [0.29, 0.717) is 23.7 Å². The van der Waals surface area contributed by atoms with Gasteiger partial charge in [0.15, 0.2) is 5.82 Å². The standard InChI is InChI=1S/C15H19FN4O2/c1-3-13(15-19-10(2)20-22-15)17-9-14(21)18-8-11-6-4-5-7-12(11)16/h4-7,13,17H,3,8-9H2,1-2H3,(H,18,21)/t13-/m1/s1. The van der Waals surface area contributed by atoms with Crippen LogP contribution >= 0.6 is 0 Å². The minimum absolute atomic E-state index is 0.0917. The van der Waals surface area contributed by atoms with Gasteiger partial charge >= 0.3 is 0 Å². The number of benzene rings is 1. The van der Waals surface area contributed by atoms with Crippen LogP contribution in [0.2, 0.25) is 0 Å². The Bertz CT molecular complexity index is 630. The normalized spacial score (nSPS) is 12.1.